The third-order valence-corrected chi connectivity index (χ3v) is 6.67. The van der Waals surface area contributed by atoms with Crippen LogP contribution < -0.4 is 14.8 Å². The van der Waals surface area contributed by atoms with E-state index in [0.717, 1.165) is 5.56 Å². The zero-order chi connectivity index (χ0) is 25.9. The molecule has 2 aliphatic rings. The van der Waals surface area contributed by atoms with Crippen LogP contribution in [0, 0.1) is 17.8 Å². The van der Waals surface area contributed by atoms with Gasteiger partial charge in [-0.3, -0.25) is 9.59 Å². The number of benzene rings is 1. The highest BCUT2D eigenvalue weighted by Gasteiger charge is 2.62. The van der Waals surface area contributed by atoms with Gasteiger partial charge in [-0.2, -0.15) is 9.97 Å². The average Bonchev–Trinajstić information content (AvgIpc) is 3.43. The molecule has 4 rings (SSSR count). The molecule has 0 unspecified atom stereocenters. The second-order valence-corrected chi connectivity index (χ2v) is 8.93. The van der Waals surface area contributed by atoms with E-state index in [4.69, 9.17) is 14.2 Å². The SMILES string of the molecule is C=C[C@@H]1C[C@]1(NC(=O)[C@@H]1C[C@@H](Oc2cc(OC)nc(-c3ccccc3)n2)C[C@H]1C(=O)O)C(=O)OCC. The fourth-order valence-electron chi connectivity index (χ4n) is 4.68. The van der Waals surface area contributed by atoms with Crippen LogP contribution in [0.4, 0.5) is 0 Å². The lowest BCUT2D eigenvalue weighted by Crippen LogP contribution is -2.49. The Balaban J connectivity index is 1.51. The molecular formula is C26H29N3O7. The summed E-state index contributed by atoms with van der Waals surface area (Å²) < 4.78 is 16.5. The molecule has 2 aliphatic carbocycles. The van der Waals surface area contributed by atoms with Crippen molar-refractivity contribution in [1.29, 1.82) is 0 Å². The summed E-state index contributed by atoms with van der Waals surface area (Å²) in [7, 11) is 1.48. The van der Waals surface area contributed by atoms with Crippen LogP contribution in [0.1, 0.15) is 26.2 Å². The van der Waals surface area contributed by atoms with E-state index in [1.165, 1.54) is 13.2 Å². The van der Waals surface area contributed by atoms with Crippen LogP contribution in [0.3, 0.4) is 0 Å². The van der Waals surface area contributed by atoms with Gasteiger partial charge in [0.25, 0.3) is 0 Å². The first-order chi connectivity index (χ1) is 17.3. The molecule has 0 aliphatic heterocycles. The number of amides is 1. The zero-order valence-electron chi connectivity index (χ0n) is 20.2. The van der Waals surface area contributed by atoms with Gasteiger partial charge in [0.2, 0.25) is 17.7 Å². The number of carbonyl (C=O) groups is 3. The van der Waals surface area contributed by atoms with Crippen molar-refractivity contribution >= 4 is 17.8 Å². The number of aliphatic carboxylic acids is 1. The summed E-state index contributed by atoms with van der Waals surface area (Å²) in [4.78, 5) is 46.5. The van der Waals surface area contributed by atoms with Gasteiger partial charge in [-0.25, -0.2) is 4.79 Å². The van der Waals surface area contributed by atoms with E-state index in [2.05, 4.69) is 21.9 Å². The molecule has 1 aromatic heterocycles. The fourth-order valence-corrected chi connectivity index (χ4v) is 4.68. The van der Waals surface area contributed by atoms with E-state index in [0.29, 0.717) is 18.1 Å². The summed E-state index contributed by atoms with van der Waals surface area (Å²) in [6.45, 7) is 5.57. The highest BCUT2D eigenvalue weighted by Crippen LogP contribution is 2.46. The normalized spacial score (nSPS) is 26.5. The summed E-state index contributed by atoms with van der Waals surface area (Å²) in [5, 5.41) is 12.6. The Labute approximate surface area is 208 Å². The first kappa shape index (κ1) is 25.2. The molecule has 5 atom stereocenters. The lowest BCUT2D eigenvalue weighted by Gasteiger charge is -2.21. The van der Waals surface area contributed by atoms with E-state index in [1.54, 1.807) is 13.0 Å². The third-order valence-electron chi connectivity index (χ3n) is 6.67. The van der Waals surface area contributed by atoms with Gasteiger partial charge in [0.05, 0.1) is 31.6 Å². The van der Waals surface area contributed by atoms with Crippen LogP contribution in [0.15, 0.2) is 49.1 Å². The highest BCUT2D eigenvalue weighted by atomic mass is 16.5. The number of esters is 1. The van der Waals surface area contributed by atoms with Crippen LogP contribution in [0.2, 0.25) is 0 Å². The van der Waals surface area contributed by atoms with Crippen LogP contribution in [-0.4, -0.2) is 58.3 Å². The topological polar surface area (TPSA) is 137 Å². The van der Waals surface area contributed by atoms with Gasteiger partial charge in [-0.15, -0.1) is 6.58 Å². The van der Waals surface area contributed by atoms with Crippen LogP contribution in [-0.2, 0) is 19.1 Å². The van der Waals surface area contributed by atoms with E-state index < -0.39 is 41.3 Å². The number of aromatic nitrogens is 2. The number of hydrogen-bond acceptors (Lipinski definition) is 8. The van der Waals surface area contributed by atoms with Crippen LogP contribution in [0.5, 0.6) is 11.8 Å². The zero-order valence-corrected chi connectivity index (χ0v) is 20.2. The second-order valence-electron chi connectivity index (χ2n) is 8.93. The third kappa shape index (κ3) is 5.02. The van der Waals surface area contributed by atoms with Gasteiger partial charge in [-0.1, -0.05) is 36.4 Å². The Morgan fingerprint density at radius 2 is 1.86 bits per heavy atom. The maximum atomic E-state index is 13.2. The van der Waals surface area contributed by atoms with Crippen molar-refractivity contribution in [3.8, 4) is 23.1 Å². The molecule has 190 valence electrons. The van der Waals surface area contributed by atoms with Crippen molar-refractivity contribution in [3.63, 3.8) is 0 Å². The van der Waals surface area contributed by atoms with E-state index in [1.807, 2.05) is 30.3 Å². The largest absolute Gasteiger partial charge is 0.481 e. The lowest BCUT2D eigenvalue weighted by molar-refractivity contribution is -0.150. The Hall–Kier alpha value is -3.95. The van der Waals surface area contributed by atoms with Gasteiger partial charge in [0.15, 0.2) is 5.82 Å². The lowest BCUT2D eigenvalue weighted by atomic mass is 9.94. The number of ether oxygens (including phenoxy) is 3. The monoisotopic (exact) mass is 495 g/mol. The van der Waals surface area contributed by atoms with Gasteiger partial charge < -0.3 is 24.6 Å². The van der Waals surface area contributed by atoms with Gasteiger partial charge in [0.1, 0.15) is 11.6 Å². The number of hydrogen-bond donors (Lipinski definition) is 2. The maximum absolute atomic E-state index is 13.2. The van der Waals surface area contributed by atoms with Crippen molar-refractivity contribution in [1.82, 2.24) is 15.3 Å². The number of carboxylic acid groups (broad SMARTS) is 1. The highest BCUT2D eigenvalue weighted by molar-refractivity contribution is 5.94. The maximum Gasteiger partial charge on any atom is 0.332 e. The Bertz CT molecular complexity index is 1160. The standard InChI is InChI=1S/C26H29N3O7/c1-4-16-14-26(16,25(33)35-5-2)29-23(30)18-11-17(12-19(18)24(31)32)36-21-13-20(34-3)27-22(28-21)15-9-7-6-8-10-15/h4,6-10,13,16-19H,1,5,11-12,14H2,2-3H3,(H,29,30)(H,31,32)/t16-,17-,18-,19-,26-/m1/s1. The molecule has 10 heteroatoms. The molecule has 36 heavy (non-hydrogen) atoms. The van der Waals surface area contributed by atoms with Gasteiger partial charge in [0, 0.05) is 11.5 Å². The first-order valence-electron chi connectivity index (χ1n) is 11.8. The quantitative estimate of drug-likeness (QED) is 0.376. The number of rotatable bonds is 10. The molecule has 1 amide bonds. The van der Waals surface area contributed by atoms with Gasteiger partial charge in [-0.05, 0) is 26.2 Å². The summed E-state index contributed by atoms with van der Waals surface area (Å²) in [5.41, 5.74) is -0.430. The molecule has 0 radical (unpaired) electrons. The number of nitrogens with one attached hydrogen (secondary N) is 1. The predicted molar refractivity (Wildman–Crippen MR) is 128 cm³/mol. The molecule has 0 bridgehead atoms. The molecule has 0 saturated heterocycles. The number of methoxy groups -OCH3 is 1. The van der Waals surface area contributed by atoms with Crippen molar-refractivity contribution < 1.29 is 33.7 Å². The summed E-state index contributed by atoms with van der Waals surface area (Å²) in [6.07, 6.45) is 1.64. The van der Waals surface area contributed by atoms with Crippen molar-refractivity contribution in [2.24, 2.45) is 17.8 Å². The average molecular weight is 496 g/mol. The molecule has 2 N–H and O–H groups in total. The van der Waals surface area contributed by atoms with E-state index in [9.17, 15) is 19.5 Å². The molecule has 1 heterocycles. The summed E-state index contributed by atoms with van der Waals surface area (Å²) in [6, 6.07) is 10.8. The number of carbonyl (C=O) groups excluding carboxylic acids is 2. The minimum Gasteiger partial charge on any atom is -0.481 e. The molecular weight excluding hydrogens is 466 g/mol. The molecule has 2 fully saturated rings. The van der Waals surface area contributed by atoms with Crippen LogP contribution >= 0.6 is 0 Å². The Morgan fingerprint density at radius 3 is 2.47 bits per heavy atom. The predicted octanol–water partition coefficient (Wildman–Crippen LogP) is 2.63. The minimum atomic E-state index is -1.19. The Morgan fingerprint density at radius 1 is 1.17 bits per heavy atom. The van der Waals surface area contributed by atoms with Crippen molar-refractivity contribution in [2.45, 2.75) is 37.8 Å². The van der Waals surface area contributed by atoms with Gasteiger partial charge >= 0.3 is 11.9 Å². The van der Waals surface area contributed by atoms with E-state index in [-0.39, 0.29) is 31.2 Å². The second kappa shape index (κ2) is 10.3. The minimum absolute atomic E-state index is 0.109. The Kier molecular flexibility index (Phi) is 7.23. The molecule has 2 saturated carbocycles. The molecule has 10 nitrogen and oxygen atoms in total. The molecule has 0 spiro atoms. The smallest absolute Gasteiger partial charge is 0.332 e. The van der Waals surface area contributed by atoms with Crippen molar-refractivity contribution in [2.75, 3.05) is 13.7 Å². The first-order valence-corrected chi connectivity index (χ1v) is 11.8. The summed E-state index contributed by atoms with van der Waals surface area (Å²) >= 11 is 0. The molecule has 2 aromatic rings. The number of nitrogens with zero attached hydrogens (tertiary/aromatic N) is 2. The number of carboxylic acids is 1. The molecule has 1 aromatic carbocycles. The van der Waals surface area contributed by atoms with E-state index >= 15 is 0 Å². The van der Waals surface area contributed by atoms with Crippen molar-refractivity contribution in [3.05, 3.63) is 49.1 Å². The fraction of sp³-hybridized carbons (Fsp3) is 0.423. The summed E-state index contributed by atoms with van der Waals surface area (Å²) in [5.74, 6) is -3.38. The van der Waals surface area contributed by atoms with Crippen LogP contribution in [0.25, 0.3) is 11.4 Å².